The number of benzene rings is 1. The van der Waals surface area contributed by atoms with Gasteiger partial charge in [0.15, 0.2) is 6.61 Å². The molecule has 20 heavy (non-hydrogen) atoms. The fraction of sp³-hybridized carbons (Fsp3) is 0.429. The van der Waals surface area contributed by atoms with Crippen LogP contribution in [0.1, 0.15) is 24.9 Å². The fourth-order valence-electron chi connectivity index (χ4n) is 1.59. The van der Waals surface area contributed by atoms with Gasteiger partial charge < -0.3 is 20.5 Å². The second-order valence-electron chi connectivity index (χ2n) is 4.24. The molecule has 0 aliphatic heterocycles. The zero-order valence-corrected chi connectivity index (χ0v) is 11.7. The highest BCUT2D eigenvalue weighted by Gasteiger charge is 2.11. The lowest BCUT2D eigenvalue weighted by Gasteiger charge is -2.15. The Kier molecular flexibility index (Phi) is 6.33. The smallest absolute Gasteiger partial charge is 0.257 e. The molecule has 0 saturated carbocycles. The molecule has 6 nitrogen and oxygen atoms in total. The summed E-state index contributed by atoms with van der Waals surface area (Å²) >= 11 is 0. The normalized spacial score (nSPS) is 11.3. The predicted octanol–water partition coefficient (Wildman–Crippen LogP) is 1.12. The van der Waals surface area contributed by atoms with Crippen molar-refractivity contribution in [3.05, 3.63) is 23.8 Å². The molecule has 3 N–H and O–H groups in total. The third-order valence-corrected chi connectivity index (χ3v) is 2.63. The first-order valence-corrected chi connectivity index (χ1v) is 6.28. The predicted molar refractivity (Wildman–Crippen MR) is 74.3 cm³/mol. The van der Waals surface area contributed by atoms with Crippen molar-refractivity contribution in [1.29, 1.82) is 5.26 Å². The molecule has 108 valence electrons. The van der Waals surface area contributed by atoms with Crippen molar-refractivity contribution < 1.29 is 14.3 Å². The van der Waals surface area contributed by atoms with Gasteiger partial charge in [-0.2, -0.15) is 5.26 Å². The molecule has 0 saturated heterocycles. The van der Waals surface area contributed by atoms with Crippen molar-refractivity contribution in [2.45, 2.75) is 19.4 Å². The minimum atomic E-state index is -0.279. The molecule has 1 amide bonds. The molecule has 1 unspecified atom stereocenters. The average molecular weight is 277 g/mol. The van der Waals surface area contributed by atoms with E-state index in [0.717, 1.165) is 5.56 Å². The Morgan fingerprint density at radius 1 is 1.55 bits per heavy atom. The van der Waals surface area contributed by atoms with Gasteiger partial charge in [-0.1, -0.05) is 6.07 Å². The van der Waals surface area contributed by atoms with E-state index in [9.17, 15) is 4.79 Å². The summed E-state index contributed by atoms with van der Waals surface area (Å²) in [6.45, 7) is 2.02. The third-order valence-electron chi connectivity index (χ3n) is 2.63. The van der Waals surface area contributed by atoms with Crippen LogP contribution in [-0.4, -0.2) is 26.2 Å². The van der Waals surface area contributed by atoms with E-state index in [-0.39, 0.29) is 25.0 Å². The second kappa shape index (κ2) is 8.02. The van der Waals surface area contributed by atoms with Crippen molar-refractivity contribution in [1.82, 2.24) is 5.32 Å². The molecular weight excluding hydrogens is 258 g/mol. The molecule has 0 heterocycles. The Bertz CT molecular complexity index is 495. The molecule has 0 aliphatic carbocycles. The van der Waals surface area contributed by atoms with E-state index in [4.69, 9.17) is 20.5 Å². The van der Waals surface area contributed by atoms with Crippen LogP contribution in [0.25, 0.3) is 0 Å². The van der Waals surface area contributed by atoms with Crippen molar-refractivity contribution in [3.63, 3.8) is 0 Å². The summed E-state index contributed by atoms with van der Waals surface area (Å²) in [5.74, 6) is 0.878. The first-order valence-electron chi connectivity index (χ1n) is 6.28. The first kappa shape index (κ1) is 15.8. The number of amides is 1. The molecule has 0 bridgehead atoms. The van der Waals surface area contributed by atoms with Gasteiger partial charge in [0.25, 0.3) is 5.91 Å². The van der Waals surface area contributed by atoms with Gasteiger partial charge in [-0.25, -0.2) is 0 Å². The summed E-state index contributed by atoms with van der Waals surface area (Å²) in [5, 5.41) is 11.0. The number of hydrogen-bond acceptors (Lipinski definition) is 5. The summed E-state index contributed by atoms with van der Waals surface area (Å²) in [5.41, 5.74) is 6.65. The fourth-order valence-corrected chi connectivity index (χ4v) is 1.59. The quantitative estimate of drug-likeness (QED) is 0.728. The zero-order chi connectivity index (χ0) is 15.0. The topological polar surface area (TPSA) is 97.4 Å². The van der Waals surface area contributed by atoms with Gasteiger partial charge in [0.05, 0.1) is 19.6 Å². The lowest BCUT2D eigenvalue weighted by molar-refractivity contribution is -0.123. The first-order chi connectivity index (χ1) is 9.58. The van der Waals surface area contributed by atoms with E-state index < -0.39 is 0 Å². The van der Waals surface area contributed by atoms with Crippen molar-refractivity contribution in [2.75, 3.05) is 20.3 Å². The Morgan fingerprint density at radius 2 is 2.30 bits per heavy atom. The van der Waals surface area contributed by atoms with E-state index in [1.54, 1.807) is 19.2 Å². The van der Waals surface area contributed by atoms with Crippen LogP contribution in [0.5, 0.6) is 11.5 Å². The monoisotopic (exact) mass is 277 g/mol. The van der Waals surface area contributed by atoms with Crippen molar-refractivity contribution in [3.8, 4) is 17.6 Å². The second-order valence-corrected chi connectivity index (χ2v) is 4.24. The van der Waals surface area contributed by atoms with Gasteiger partial charge in [-0.05, 0) is 13.0 Å². The lowest BCUT2D eigenvalue weighted by Crippen LogP contribution is -2.29. The highest BCUT2D eigenvalue weighted by molar-refractivity contribution is 5.77. The summed E-state index contributed by atoms with van der Waals surface area (Å²) in [6.07, 6.45) is 0.274. The van der Waals surface area contributed by atoms with Gasteiger partial charge in [0, 0.05) is 24.2 Å². The number of carbonyl (C=O) groups is 1. The van der Waals surface area contributed by atoms with Gasteiger partial charge in [0.2, 0.25) is 0 Å². The Labute approximate surface area is 118 Å². The van der Waals surface area contributed by atoms with Gasteiger partial charge >= 0.3 is 0 Å². The van der Waals surface area contributed by atoms with Gasteiger partial charge in [-0.3, -0.25) is 4.79 Å². The van der Waals surface area contributed by atoms with Crippen LogP contribution in [0.2, 0.25) is 0 Å². The molecule has 0 spiro atoms. The Balaban J connectivity index is 2.66. The number of nitrogens with one attached hydrogen (secondary N) is 1. The largest absolute Gasteiger partial charge is 0.497 e. The number of nitrogens with zero attached hydrogens (tertiary/aromatic N) is 1. The minimum absolute atomic E-state index is 0.127. The highest BCUT2D eigenvalue weighted by Crippen LogP contribution is 2.28. The third kappa shape index (κ3) is 4.78. The number of carbonyl (C=O) groups excluding carboxylic acids is 1. The maximum Gasteiger partial charge on any atom is 0.257 e. The Hall–Kier alpha value is -2.26. The lowest BCUT2D eigenvalue weighted by atomic mass is 10.1. The number of nitriles is 1. The molecule has 1 aromatic rings. The maximum atomic E-state index is 11.5. The van der Waals surface area contributed by atoms with Gasteiger partial charge in [0.1, 0.15) is 11.5 Å². The summed E-state index contributed by atoms with van der Waals surface area (Å²) in [6, 6.07) is 7.03. The molecule has 6 heteroatoms. The van der Waals surface area contributed by atoms with Crippen molar-refractivity contribution in [2.24, 2.45) is 5.73 Å². The molecular formula is C14H19N3O3. The number of methoxy groups -OCH3 is 1. The number of nitrogens with two attached hydrogens (primary N) is 1. The van der Waals surface area contributed by atoms with E-state index in [1.165, 1.54) is 0 Å². The molecule has 0 fully saturated rings. The summed E-state index contributed by atoms with van der Waals surface area (Å²) in [4.78, 5) is 11.5. The molecule has 1 aromatic carbocycles. The highest BCUT2D eigenvalue weighted by atomic mass is 16.5. The van der Waals surface area contributed by atoms with E-state index in [1.807, 2.05) is 19.1 Å². The molecule has 0 aromatic heterocycles. The average Bonchev–Trinajstić information content (AvgIpc) is 2.44. The van der Waals surface area contributed by atoms with Crippen LogP contribution in [0.4, 0.5) is 0 Å². The zero-order valence-electron chi connectivity index (χ0n) is 11.7. The standard InChI is InChI=1S/C14H19N3O3/c1-10(16)12-5-4-11(19-2)8-13(12)20-9-14(18)17-7-3-6-15/h4-5,8,10H,3,7,9,16H2,1-2H3,(H,17,18). The molecule has 0 aliphatic rings. The molecule has 1 rings (SSSR count). The van der Waals surface area contributed by atoms with Crippen LogP contribution < -0.4 is 20.5 Å². The van der Waals surface area contributed by atoms with Crippen LogP contribution in [-0.2, 0) is 4.79 Å². The van der Waals surface area contributed by atoms with E-state index >= 15 is 0 Å². The van der Waals surface area contributed by atoms with Crippen LogP contribution >= 0.6 is 0 Å². The Morgan fingerprint density at radius 3 is 2.90 bits per heavy atom. The van der Waals surface area contributed by atoms with E-state index in [0.29, 0.717) is 18.0 Å². The summed E-state index contributed by atoms with van der Waals surface area (Å²) in [7, 11) is 1.55. The van der Waals surface area contributed by atoms with Gasteiger partial charge in [-0.15, -0.1) is 0 Å². The minimum Gasteiger partial charge on any atom is -0.497 e. The SMILES string of the molecule is COc1ccc(C(C)N)c(OCC(=O)NCCC#N)c1. The van der Waals surface area contributed by atoms with Crippen LogP contribution in [0.3, 0.4) is 0 Å². The van der Waals surface area contributed by atoms with E-state index in [2.05, 4.69) is 5.32 Å². The number of hydrogen-bond donors (Lipinski definition) is 2. The number of rotatable bonds is 7. The molecule has 0 radical (unpaired) electrons. The summed E-state index contributed by atoms with van der Waals surface area (Å²) < 4.78 is 10.6. The number of ether oxygens (including phenoxy) is 2. The van der Waals surface area contributed by atoms with Crippen LogP contribution in [0.15, 0.2) is 18.2 Å². The van der Waals surface area contributed by atoms with Crippen molar-refractivity contribution >= 4 is 5.91 Å². The molecule has 1 atom stereocenters. The van der Waals surface area contributed by atoms with Crippen LogP contribution in [0, 0.1) is 11.3 Å². The maximum absolute atomic E-state index is 11.5.